The van der Waals surface area contributed by atoms with Crippen molar-refractivity contribution in [3.05, 3.63) is 0 Å². The highest BCUT2D eigenvalue weighted by Gasteiger charge is 2.22. The van der Waals surface area contributed by atoms with E-state index >= 15 is 0 Å². The van der Waals surface area contributed by atoms with Crippen LogP contribution in [0.3, 0.4) is 0 Å². The number of halogens is 1. The van der Waals surface area contributed by atoms with Crippen molar-refractivity contribution in [1.82, 2.24) is 0 Å². The third kappa shape index (κ3) is 7.24. The van der Waals surface area contributed by atoms with Gasteiger partial charge in [0.1, 0.15) is 0 Å². The first-order chi connectivity index (χ1) is 8.34. The highest BCUT2D eigenvalue weighted by molar-refractivity contribution is 6.20. The van der Waals surface area contributed by atoms with Gasteiger partial charge in [0.05, 0.1) is 26.4 Å². The molecular weight excluding hydrogens is 240 g/mol. The summed E-state index contributed by atoms with van der Waals surface area (Å²) in [5.74, 6) is 0.653. The van der Waals surface area contributed by atoms with Crippen molar-refractivity contribution >= 4 is 11.6 Å². The predicted octanol–water partition coefficient (Wildman–Crippen LogP) is 2.85. The Kier molecular flexibility index (Phi) is 9.07. The van der Waals surface area contributed by atoms with E-state index in [1.807, 2.05) is 0 Å². The lowest BCUT2D eigenvalue weighted by atomic mass is 9.87. The van der Waals surface area contributed by atoms with Crippen LogP contribution >= 0.6 is 11.6 Å². The van der Waals surface area contributed by atoms with Gasteiger partial charge in [-0.25, -0.2) is 0 Å². The first-order valence-electron chi connectivity index (χ1n) is 6.63. The van der Waals surface area contributed by atoms with E-state index in [0.717, 1.165) is 13.0 Å². The Morgan fingerprint density at radius 1 is 0.941 bits per heavy atom. The summed E-state index contributed by atoms with van der Waals surface area (Å²) >= 11 is 6.29. The number of rotatable bonds is 9. The number of hydrogen-bond acceptors (Lipinski definition) is 3. The van der Waals surface area contributed by atoms with E-state index in [1.165, 1.54) is 25.7 Å². The van der Waals surface area contributed by atoms with Crippen LogP contribution in [0.25, 0.3) is 0 Å². The molecule has 0 aliphatic heterocycles. The Bertz CT molecular complexity index is 178. The summed E-state index contributed by atoms with van der Waals surface area (Å²) in [5.41, 5.74) is 0. The van der Waals surface area contributed by atoms with Crippen LogP contribution in [0.4, 0.5) is 0 Å². The molecule has 1 aliphatic rings. The second-order valence-corrected chi connectivity index (χ2v) is 5.13. The zero-order valence-corrected chi connectivity index (χ0v) is 11.6. The maximum atomic E-state index is 6.29. The van der Waals surface area contributed by atoms with Gasteiger partial charge in [0.2, 0.25) is 0 Å². The lowest BCUT2D eigenvalue weighted by Crippen LogP contribution is -2.21. The van der Waals surface area contributed by atoms with Gasteiger partial charge >= 0.3 is 0 Å². The monoisotopic (exact) mass is 264 g/mol. The summed E-state index contributed by atoms with van der Waals surface area (Å²) in [6.45, 7) is 3.42. The van der Waals surface area contributed by atoms with E-state index < -0.39 is 0 Å². The zero-order chi connectivity index (χ0) is 12.3. The van der Waals surface area contributed by atoms with E-state index in [1.54, 1.807) is 7.11 Å². The molecule has 3 nitrogen and oxygen atoms in total. The molecule has 4 heteroatoms. The van der Waals surface area contributed by atoms with Crippen LogP contribution in [0, 0.1) is 5.92 Å². The number of alkyl halides is 1. The summed E-state index contributed by atoms with van der Waals surface area (Å²) < 4.78 is 15.7. The molecule has 2 unspecified atom stereocenters. The molecule has 0 radical (unpaired) electrons. The average molecular weight is 265 g/mol. The molecule has 0 amide bonds. The van der Waals surface area contributed by atoms with Crippen LogP contribution in [0.1, 0.15) is 32.1 Å². The topological polar surface area (TPSA) is 27.7 Å². The third-order valence-corrected chi connectivity index (χ3v) is 3.83. The van der Waals surface area contributed by atoms with E-state index in [-0.39, 0.29) is 0 Å². The molecule has 0 aromatic rings. The Labute approximate surface area is 110 Å². The van der Waals surface area contributed by atoms with Crippen molar-refractivity contribution in [2.45, 2.75) is 37.5 Å². The van der Waals surface area contributed by atoms with Crippen LogP contribution in [-0.2, 0) is 14.2 Å². The van der Waals surface area contributed by atoms with Crippen LogP contribution in [0.5, 0.6) is 0 Å². The second-order valence-electron chi connectivity index (χ2n) is 4.57. The largest absolute Gasteiger partial charge is 0.382 e. The van der Waals surface area contributed by atoms with Crippen molar-refractivity contribution in [3.8, 4) is 0 Å². The SMILES string of the molecule is COCCOCCOCCC1CCCCC1Cl. The van der Waals surface area contributed by atoms with Crippen LogP contribution in [0.2, 0.25) is 0 Å². The first kappa shape index (κ1) is 15.2. The van der Waals surface area contributed by atoms with Gasteiger partial charge in [0, 0.05) is 19.1 Å². The minimum absolute atomic E-state index is 0.366. The van der Waals surface area contributed by atoms with E-state index in [9.17, 15) is 0 Å². The number of hydrogen-bond donors (Lipinski definition) is 0. The smallest absolute Gasteiger partial charge is 0.0701 e. The van der Waals surface area contributed by atoms with Gasteiger partial charge in [-0.05, 0) is 25.2 Å². The fraction of sp³-hybridized carbons (Fsp3) is 1.00. The van der Waals surface area contributed by atoms with Gasteiger partial charge < -0.3 is 14.2 Å². The summed E-state index contributed by atoms with van der Waals surface area (Å²) in [4.78, 5) is 0. The molecule has 0 bridgehead atoms. The Morgan fingerprint density at radius 3 is 2.29 bits per heavy atom. The van der Waals surface area contributed by atoms with E-state index in [0.29, 0.717) is 37.7 Å². The molecule has 1 aliphatic carbocycles. The van der Waals surface area contributed by atoms with Gasteiger partial charge in [0.15, 0.2) is 0 Å². The number of methoxy groups -OCH3 is 1. The molecule has 1 fully saturated rings. The van der Waals surface area contributed by atoms with Gasteiger partial charge in [-0.2, -0.15) is 0 Å². The lowest BCUT2D eigenvalue weighted by Gasteiger charge is -2.26. The highest BCUT2D eigenvalue weighted by atomic mass is 35.5. The summed E-state index contributed by atoms with van der Waals surface area (Å²) in [6.07, 6.45) is 6.15. The Morgan fingerprint density at radius 2 is 1.59 bits per heavy atom. The van der Waals surface area contributed by atoms with Gasteiger partial charge in [-0.1, -0.05) is 12.8 Å². The normalized spacial score (nSPS) is 25.1. The molecule has 0 aromatic heterocycles. The first-order valence-corrected chi connectivity index (χ1v) is 7.06. The van der Waals surface area contributed by atoms with Crippen molar-refractivity contribution in [2.24, 2.45) is 5.92 Å². The minimum atomic E-state index is 0.366. The van der Waals surface area contributed by atoms with Crippen LogP contribution < -0.4 is 0 Å². The minimum Gasteiger partial charge on any atom is -0.382 e. The van der Waals surface area contributed by atoms with Crippen molar-refractivity contribution in [1.29, 1.82) is 0 Å². The fourth-order valence-electron chi connectivity index (χ4n) is 2.19. The number of ether oxygens (including phenoxy) is 3. The molecule has 0 saturated heterocycles. The quantitative estimate of drug-likeness (QED) is 0.473. The molecule has 1 rings (SSSR count). The van der Waals surface area contributed by atoms with Gasteiger partial charge in [-0.15, -0.1) is 11.6 Å². The zero-order valence-electron chi connectivity index (χ0n) is 10.8. The summed E-state index contributed by atoms with van der Waals surface area (Å²) in [5, 5.41) is 0.366. The molecule has 0 heterocycles. The molecule has 0 N–H and O–H groups in total. The molecule has 1 saturated carbocycles. The highest BCUT2D eigenvalue weighted by Crippen LogP contribution is 2.30. The molecule has 0 aromatic carbocycles. The molecule has 2 atom stereocenters. The Hall–Kier alpha value is 0.170. The predicted molar refractivity (Wildman–Crippen MR) is 69.7 cm³/mol. The standard InChI is InChI=1S/C13H25ClO3/c1-15-8-9-17-11-10-16-7-6-12-4-2-3-5-13(12)14/h12-13H,2-11H2,1H3. The van der Waals surface area contributed by atoms with Crippen molar-refractivity contribution < 1.29 is 14.2 Å². The van der Waals surface area contributed by atoms with Gasteiger partial charge in [-0.3, -0.25) is 0 Å². The lowest BCUT2D eigenvalue weighted by molar-refractivity contribution is 0.0210. The maximum Gasteiger partial charge on any atom is 0.0701 e. The van der Waals surface area contributed by atoms with Crippen LogP contribution in [-0.4, -0.2) is 45.5 Å². The Balaban J connectivity index is 1.86. The molecule has 0 spiro atoms. The fourth-order valence-corrected chi connectivity index (χ4v) is 2.59. The maximum absolute atomic E-state index is 6.29. The van der Waals surface area contributed by atoms with E-state index in [4.69, 9.17) is 25.8 Å². The summed E-state index contributed by atoms with van der Waals surface area (Å²) in [7, 11) is 1.67. The van der Waals surface area contributed by atoms with E-state index in [2.05, 4.69) is 0 Å². The summed E-state index contributed by atoms with van der Waals surface area (Å²) in [6, 6.07) is 0. The molecule has 102 valence electrons. The second kappa shape index (κ2) is 10.1. The van der Waals surface area contributed by atoms with Crippen molar-refractivity contribution in [3.63, 3.8) is 0 Å². The molecular formula is C13H25ClO3. The van der Waals surface area contributed by atoms with Gasteiger partial charge in [0.25, 0.3) is 0 Å². The van der Waals surface area contributed by atoms with Crippen molar-refractivity contribution in [2.75, 3.05) is 40.1 Å². The molecule has 17 heavy (non-hydrogen) atoms. The van der Waals surface area contributed by atoms with Crippen LogP contribution in [0.15, 0.2) is 0 Å². The third-order valence-electron chi connectivity index (χ3n) is 3.25. The average Bonchev–Trinajstić information content (AvgIpc) is 2.35.